The topological polar surface area (TPSA) is 3.24 Å². The Morgan fingerprint density at radius 1 is 1.19 bits per heavy atom. The van der Waals surface area contributed by atoms with E-state index in [4.69, 9.17) is 0 Å². The highest BCUT2D eigenvalue weighted by Gasteiger charge is 2.36. The molecule has 0 N–H and O–H groups in total. The van der Waals surface area contributed by atoms with Crippen LogP contribution < -0.4 is 0 Å². The summed E-state index contributed by atoms with van der Waals surface area (Å²) >= 11 is 0. The molecule has 0 amide bonds. The van der Waals surface area contributed by atoms with Crippen molar-refractivity contribution in [2.24, 2.45) is 0 Å². The number of nitrogens with zero attached hydrogens (tertiary/aromatic N) is 1. The summed E-state index contributed by atoms with van der Waals surface area (Å²) in [7, 11) is 2.29. The lowest BCUT2D eigenvalue weighted by Gasteiger charge is -2.46. The van der Waals surface area contributed by atoms with E-state index >= 15 is 0 Å². The van der Waals surface area contributed by atoms with Crippen molar-refractivity contribution in [3.8, 4) is 0 Å². The average Bonchev–Trinajstić information content (AvgIpc) is 2.34. The molecule has 2 rings (SSSR count). The minimum absolute atomic E-state index is 0.314. The van der Waals surface area contributed by atoms with E-state index in [-0.39, 0.29) is 0 Å². The average molecular weight is 217 g/mol. The Balaban J connectivity index is 2.34. The molecule has 88 valence electrons. The summed E-state index contributed by atoms with van der Waals surface area (Å²) in [5, 5.41) is 0. The first-order chi connectivity index (χ1) is 7.79. The number of likely N-dealkylation sites (tertiary alicyclic amines) is 1. The second-order valence-corrected chi connectivity index (χ2v) is 5.03. The Morgan fingerprint density at radius 2 is 1.94 bits per heavy atom. The first-order valence-corrected chi connectivity index (χ1v) is 6.56. The van der Waals surface area contributed by atoms with Crippen LogP contribution in [0.5, 0.6) is 0 Å². The molecule has 1 saturated heterocycles. The molecule has 1 aliphatic rings. The van der Waals surface area contributed by atoms with Crippen molar-refractivity contribution < 1.29 is 0 Å². The van der Waals surface area contributed by atoms with Crippen molar-refractivity contribution in [3.63, 3.8) is 0 Å². The largest absolute Gasteiger partial charge is 0.297 e. The van der Waals surface area contributed by atoms with Gasteiger partial charge in [0.2, 0.25) is 0 Å². The number of benzene rings is 1. The van der Waals surface area contributed by atoms with Crippen molar-refractivity contribution in [1.82, 2.24) is 4.90 Å². The zero-order valence-corrected chi connectivity index (χ0v) is 10.6. The Morgan fingerprint density at radius 3 is 2.56 bits per heavy atom. The molecule has 1 heteroatoms. The molecule has 0 bridgehead atoms. The van der Waals surface area contributed by atoms with Gasteiger partial charge in [0.25, 0.3) is 0 Å². The van der Waals surface area contributed by atoms with Crippen molar-refractivity contribution in [2.75, 3.05) is 13.6 Å². The fraction of sp³-hybridized carbons (Fsp3) is 0.600. The highest BCUT2D eigenvalue weighted by molar-refractivity contribution is 5.25. The molecular weight excluding hydrogens is 194 g/mol. The van der Waals surface area contributed by atoms with E-state index in [0.29, 0.717) is 5.54 Å². The molecule has 1 atom stereocenters. The molecule has 0 aromatic heterocycles. The first kappa shape index (κ1) is 11.7. The molecule has 1 aromatic carbocycles. The molecule has 0 aliphatic carbocycles. The molecule has 1 aliphatic heterocycles. The fourth-order valence-electron chi connectivity index (χ4n) is 3.16. The Bertz CT molecular complexity index is 315. The molecule has 1 nitrogen and oxygen atoms in total. The van der Waals surface area contributed by atoms with Gasteiger partial charge >= 0.3 is 0 Å². The standard InChI is InChI=1S/C15H23N/c1-3-11-15(12-7-8-13-16(15)2)14-9-5-4-6-10-14/h4-6,9-10H,3,7-8,11-13H2,1-2H3. The van der Waals surface area contributed by atoms with Crippen LogP contribution in [0.4, 0.5) is 0 Å². The van der Waals surface area contributed by atoms with Crippen molar-refractivity contribution in [2.45, 2.75) is 44.6 Å². The van der Waals surface area contributed by atoms with Gasteiger partial charge < -0.3 is 0 Å². The minimum atomic E-state index is 0.314. The van der Waals surface area contributed by atoms with Gasteiger partial charge in [0.05, 0.1) is 0 Å². The Hall–Kier alpha value is -0.820. The molecule has 0 saturated carbocycles. The molecule has 1 fully saturated rings. The van der Waals surface area contributed by atoms with Gasteiger partial charge in [-0.15, -0.1) is 0 Å². The van der Waals surface area contributed by atoms with E-state index in [0.717, 1.165) is 0 Å². The lowest BCUT2D eigenvalue weighted by atomic mass is 9.77. The van der Waals surface area contributed by atoms with Crippen LogP contribution in [0, 0.1) is 0 Å². The van der Waals surface area contributed by atoms with E-state index in [1.807, 2.05) is 0 Å². The normalized spacial score (nSPS) is 26.9. The summed E-state index contributed by atoms with van der Waals surface area (Å²) in [4.78, 5) is 2.58. The molecular formula is C15H23N. The number of rotatable bonds is 3. The van der Waals surface area contributed by atoms with Crippen LogP contribution in [0.15, 0.2) is 30.3 Å². The third kappa shape index (κ3) is 2.01. The number of piperidine rings is 1. The van der Waals surface area contributed by atoms with Crippen molar-refractivity contribution in [1.29, 1.82) is 0 Å². The maximum absolute atomic E-state index is 2.58. The van der Waals surface area contributed by atoms with Gasteiger partial charge in [-0.3, -0.25) is 4.90 Å². The first-order valence-electron chi connectivity index (χ1n) is 6.56. The number of hydrogen-bond acceptors (Lipinski definition) is 1. The third-order valence-electron chi connectivity index (χ3n) is 4.04. The van der Waals surface area contributed by atoms with Gasteiger partial charge in [0.1, 0.15) is 0 Å². The quantitative estimate of drug-likeness (QED) is 0.744. The summed E-state index contributed by atoms with van der Waals surface area (Å²) < 4.78 is 0. The van der Waals surface area contributed by atoms with Crippen LogP contribution in [-0.4, -0.2) is 18.5 Å². The zero-order chi connectivity index (χ0) is 11.4. The molecule has 0 spiro atoms. The second kappa shape index (κ2) is 5.01. The van der Waals surface area contributed by atoms with E-state index in [9.17, 15) is 0 Å². The summed E-state index contributed by atoms with van der Waals surface area (Å²) in [6.07, 6.45) is 6.60. The van der Waals surface area contributed by atoms with Crippen LogP contribution >= 0.6 is 0 Å². The van der Waals surface area contributed by atoms with Gasteiger partial charge in [-0.2, -0.15) is 0 Å². The minimum Gasteiger partial charge on any atom is -0.297 e. The lowest BCUT2D eigenvalue weighted by Crippen LogP contribution is -2.47. The number of hydrogen-bond donors (Lipinski definition) is 0. The fourth-order valence-corrected chi connectivity index (χ4v) is 3.16. The SMILES string of the molecule is CCCC1(c2ccccc2)CCCCN1C. The maximum atomic E-state index is 2.58. The molecule has 1 unspecified atom stereocenters. The van der Waals surface area contributed by atoms with Crippen molar-refractivity contribution >= 4 is 0 Å². The maximum Gasteiger partial charge on any atom is 0.0457 e. The van der Waals surface area contributed by atoms with E-state index in [1.54, 1.807) is 0 Å². The lowest BCUT2D eigenvalue weighted by molar-refractivity contribution is 0.0610. The molecule has 0 radical (unpaired) electrons. The molecule has 1 heterocycles. The predicted octanol–water partition coefficient (Wildman–Crippen LogP) is 3.80. The molecule has 1 aromatic rings. The zero-order valence-electron chi connectivity index (χ0n) is 10.6. The summed E-state index contributed by atoms with van der Waals surface area (Å²) in [6, 6.07) is 11.1. The van der Waals surface area contributed by atoms with Gasteiger partial charge in [-0.05, 0) is 44.8 Å². The van der Waals surface area contributed by atoms with Crippen LogP contribution in [-0.2, 0) is 5.54 Å². The third-order valence-corrected chi connectivity index (χ3v) is 4.04. The van der Waals surface area contributed by atoms with E-state index in [2.05, 4.69) is 49.2 Å². The summed E-state index contributed by atoms with van der Waals surface area (Å²) in [6.45, 7) is 3.54. The van der Waals surface area contributed by atoms with Gasteiger partial charge in [0, 0.05) is 5.54 Å². The van der Waals surface area contributed by atoms with Gasteiger partial charge in [-0.1, -0.05) is 43.7 Å². The highest BCUT2D eigenvalue weighted by Crippen LogP contribution is 2.40. The van der Waals surface area contributed by atoms with Crippen LogP contribution in [0.3, 0.4) is 0 Å². The highest BCUT2D eigenvalue weighted by atomic mass is 15.2. The van der Waals surface area contributed by atoms with E-state index in [1.165, 1.54) is 44.2 Å². The summed E-state index contributed by atoms with van der Waals surface area (Å²) in [5.74, 6) is 0. The summed E-state index contributed by atoms with van der Waals surface area (Å²) in [5.41, 5.74) is 1.83. The van der Waals surface area contributed by atoms with Crippen molar-refractivity contribution in [3.05, 3.63) is 35.9 Å². The molecule has 16 heavy (non-hydrogen) atoms. The van der Waals surface area contributed by atoms with Gasteiger partial charge in [0.15, 0.2) is 0 Å². The van der Waals surface area contributed by atoms with Crippen LogP contribution in [0.1, 0.15) is 44.6 Å². The smallest absolute Gasteiger partial charge is 0.0457 e. The monoisotopic (exact) mass is 217 g/mol. The van der Waals surface area contributed by atoms with Crippen LogP contribution in [0.25, 0.3) is 0 Å². The predicted molar refractivity (Wildman–Crippen MR) is 69.5 cm³/mol. The van der Waals surface area contributed by atoms with Crippen LogP contribution in [0.2, 0.25) is 0 Å². The van der Waals surface area contributed by atoms with Gasteiger partial charge in [-0.25, -0.2) is 0 Å². The Kier molecular flexibility index (Phi) is 3.65. The Labute approximate surface area is 99.5 Å². The second-order valence-electron chi connectivity index (χ2n) is 5.03. The van der Waals surface area contributed by atoms with E-state index < -0.39 is 0 Å².